The molecule has 0 heterocycles. The topological polar surface area (TPSA) is 32.3 Å². The van der Waals surface area contributed by atoms with Crippen LogP contribution in [0.25, 0.3) is 0 Å². The molecular formula is C14H13F2NO. The number of anilines is 1. The molecule has 2 rings (SSSR count). The zero-order valence-electron chi connectivity index (χ0n) is 9.82. The van der Waals surface area contributed by atoms with E-state index in [9.17, 15) is 13.9 Å². The summed E-state index contributed by atoms with van der Waals surface area (Å²) in [6.45, 7) is 1.76. The van der Waals surface area contributed by atoms with Gasteiger partial charge >= 0.3 is 0 Å². The van der Waals surface area contributed by atoms with Gasteiger partial charge in [-0.05, 0) is 31.2 Å². The maximum atomic E-state index is 13.5. The highest BCUT2D eigenvalue weighted by Crippen LogP contribution is 2.27. The molecule has 2 aromatic carbocycles. The van der Waals surface area contributed by atoms with Crippen molar-refractivity contribution in [3.05, 3.63) is 59.7 Å². The van der Waals surface area contributed by atoms with Gasteiger partial charge in [-0.1, -0.05) is 18.2 Å². The molecule has 0 saturated heterocycles. The first kappa shape index (κ1) is 12.4. The number of aromatic hydroxyl groups is 1. The van der Waals surface area contributed by atoms with E-state index in [-0.39, 0.29) is 17.5 Å². The number of nitrogens with one attached hydrogen (secondary N) is 1. The third kappa shape index (κ3) is 2.59. The van der Waals surface area contributed by atoms with Crippen molar-refractivity contribution in [2.75, 3.05) is 5.32 Å². The lowest BCUT2D eigenvalue weighted by Gasteiger charge is -2.17. The first-order valence-corrected chi connectivity index (χ1v) is 5.57. The van der Waals surface area contributed by atoms with E-state index in [2.05, 4.69) is 5.32 Å². The summed E-state index contributed by atoms with van der Waals surface area (Å²) in [6.07, 6.45) is 0. The third-order valence-corrected chi connectivity index (χ3v) is 2.70. The summed E-state index contributed by atoms with van der Waals surface area (Å²) in [5, 5.41) is 12.5. The smallest absolute Gasteiger partial charge is 0.146 e. The van der Waals surface area contributed by atoms with Crippen LogP contribution in [0.5, 0.6) is 5.75 Å². The van der Waals surface area contributed by atoms with Crippen LogP contribution in [0.2, 0.25) is 0 Å². The Balaban J connectivity index is 2.24. The number of phenolic OH excluding ortho intramolecular Hbond substituents is 1. The minimum absolute atomic E-state index is 0.0748. The number of para-hydroxylation sites is 1. The maximum Gasteiger partial charge on any atom is 0.146 e. The zero-order chi connectivity index (χ0) is 13.1. The van der Waals surface area contributed by atoms with E-state index in [1.165, 1.54) is 0 Å². The van der Waals surface area contributed by atoms with Crippen molar-refractivity contribution in [1.82, 2.24) is 0 Å². The minimum Gasteiger partial charge on any atom is -0.508 e. The van der Waals surface area contributed by atoms with Crippen molar-refractivity contribution in [1.29, 1.82) is 0 Å². The number of phenols is 1. The summed E-state index contributed by atoms with van der Waals surface area (Å²) in [6, 6.07) is 9.64. The Bertz CT molecular complexity index is 557. The summed E-state index contributed by atoms with van der Waals surface area (Å²) in [7, 11) is 0. The minimum atomic E-state index is -0.529. The molecule has 0 aromatic heterocycles. The van der Waals surface area contributed by atoms with Gasteiger partial charge in [0.1, 0.15) is 17.4 Å². The van der Waals surface area contributed by atoms with Crippen LogP contribution in [0, 0.1) is 11.6 Å². The molecular weight excluding hydrogens is 236 g/mol. The lowest BCUT2D eigenvalue weighted by Crippen LogP contribution is -2.08. The largest absolute Gasteiger partial charge is 0.508 e. The van der Waals surface area contributed by atoms with Crippen molar-refractivity contribution in [2.45, 2.75) is 13.0 Å². The second-order valence-electron chi connectivity index (χ2n) is 4.05. The van der Waals surface area contributed by atoms with E-state index in [0.29, 0.717) is 5.56 Å². The molecule has 4 heteroatoms. The number of benzene rings is 2. The van der Waals surface area contributed by atoms with Gasteiger partial charge in [0.25, 0.3) is 0 Å². The highest BCUT2D eigenvalue weighted by Gasteiger charge is 2.12. The quantitative estimate of drug-likeness (QED) is 0.866. The molecule has 0 saturated carbocycles. The van der Waals surface area contributed by atoms with Crippen LogP contribution in [0.3, 0.4) is 0 Å². The van der Waals surface area contributed by atoms with Crippen LogP contribution in [0.4, 0.5) is 14.5 Å². The third-order valence-electron chi connectivity index (χ3n) is 2.70. The molecule has 94 valence electrons. The molecule has 2 nitrogen and oxygen atoms in total. The second kappa shape index (κ2) is 5.04. The Morgan fingerprint density at radius 3 is 2.56 bits per heavy atom. The lowest BCUT2D eigenvalue weighted by atomic mass is 10.1. The Morgan fingerprint density at radius 1 is 1.11 bits per heavy atom. The molecule has 18 heavy (non-hydrogen) atoms. The predicted octanol–water partition coefficient (Wildman–Crippen LogP) is 3.84. The molecule has 0 bridgehead atoms. The molecule has 2 N–H and O–H groups in total. The SMILES string of the molecule is CC(Nc1cc(F)ccc1F)c1ccccc1O. The Morgan fingerprint density at radius 2 is 1.83 bits per heavy atom. The highest BCUT2D eigenvalue weighted by molar-refractivity contribution is 5.48. The molecule has 0 amide bonds. The van der Waals surface area contributed by atoms with Gasteiger partial charge in [-0.15, -0.1) is 0 Å². The van der Waals surface area contributed by atoms with Gasteiger partial charge in [0, 0.05) is 5.56 Å². The van der Waals surface area contributed by atoms with Crippen molar-refractivity contribution in [3.63, 3.8) is 0 Å². The van der Waals surface area contributed by atoms with E-state index < -0.39 is 11.6 Å². The van der Waals surface area contributed by atoms with Crippen LogP contribution in [-0.2, 0) is 0 Å². The Labute approximate surface area is 104 Å². The van der Waals surface area contributed by atoms with E-state index in [0.717, 1.165) is 18.2 Å². The van der Waals surface area contributed by atoms with Gasteiger partial charge in [-0.25, -0.2) is 8.78 Å². The van der Waals surface area contributed by atoms with Crippen molar-refractivity contribution < 1.29 is 13.9 Å². The summed E-state index contributed by atoms with van der Waals surface area (Å²) in [5.41, 5.74) is 0.701. The molecule has 0 aliphatic carbocycles. The van der Waals surface area contributed by atoms with Crippen LogP contribution in [0.1, 0.15) is 18.5 Å². The van der Waals surface area contributed by atoms with Crippen LogP contribution < -0.4 is 5.32 Å². The van der Waals surface area contributed by atoms with Gasteiger partial charge in [0.15, 0.2) is 0 Å². The van der Waals surface area contributed by atoms with Gasteiger partial charge in [-0.3, -0.25) is 0 Å². The van der Waals surface area contributed by atoms with Gasteiger partial charge < -0.3 is 10.4 Å². The molecule has 1 unspecified atom stereocenters. The van der Waals surface area contributed by atoms with E-state index in [1.54, 1.807) is 31.2 Å². The van der Waals surface area contributed by atoms with Crippen LogP contribution in [-0.4, -0.2) is 5.11 Å². The fourth-order valence-electron chi connectivity index (χ4n) is 1.77. The molecule has 1 atom stereocenters. The van der Waals surface area contributed by atoms with Crippen molar-refractivity contribution in [2.24, 2.45) is 0 Å². The second-order valence-corrected chi connectivity index (χ2v) is 4.05. The average molecular weight is 249 g/mol. The monoisotopic (exact) mass is 249 g/mol. The number of hydrogen-bond donors (Lipinski definition) is 2. The van der Waals surface area contributed by atoms with Gasteiger partial charge in [0.2, 0.25) is 0 Å². The molecule has 0 fully saturated rings. The highest BCUT2D eigenvalue weighted by atomic mass is 19.1. The first-order chi connectivity index (χ1) is 8.58. The molecule has 2 aromatic rings. The van der Waals surface area contributed by atoms with Crippen LogP contribution >= 0.6 is 0 Å². The number of halogens is 2. The van der Waals surface area contributed by atoms with Gasteiger partial charge in [-0.2, -0.15) is 0 Å². The summed E-state index contributed by atoms with van der Waals surface area (Å²) in [5.74, 6) is -0.920. The normalized spacial score (nSPS) is 12.2. The van der Waals surface area contributed by atoms with E-state index in [1.807, 2.05) is 0 Å². The van der Waals surface area contributed by atoms with Crippen molar-refractivity contribution >= 4 is 5.69 Å². The summed E-state index contributed by atoms with van der Waals surface area (Å²) >= 11 is 0. The fourth-order valence-corrected chi connectivity index (χ4v) is 1.77. The fraction of sp³-hybridized carbons (Fsp3) is 0.143. The zero-order valence-corrected chi connectivity index (χ0v) is 9.82. The standard InChI is InChI=1S/C14H13F2NO/c1-9(11-4-2-3-5-14(11)18)17-13-8-10(15)6-7-12(13)16/h2-9,17-18H,1H3. The summed E-state index contributed by atoms with van der Waals surface area (Å²) < 4.78 is 26.5. The molecule has 0 radical (unpaired) electrons. The maximum absolute atomic E-state index is 13.5. The van der Waals surface area contributed by atoms with Gasteiger partial charge in [0.05, 0.1) is 11.7 Å². The Hall–Kier alpha value is -2.10. The number of rotatable bonds is 3. The average Bonchev–Trinajstić information content (AvgIpc) is 2.34. The molecule has 0 spiro atoms. The molecule has 0 aliphatic heterocycles. The summed E-state index contributed by atoms with van der Waals surface area (Å²) in [4.78, 5) is 0. The molecule has 0 aliphatic rings. The van der Waals surface area contributed by atoms with E-state index in [4.69, 9.17) is 0 Å². The van der Waals surface area contributed by atoms with Crippen molar-refractivity contribution in [3.8, 4) is 5.75 Å². The predicted molar refractivity (Wildman–Crippen MR) is 66.5 cm³/mol. The van der Waals surface area contributed by atoms with E-state index >= 15 is 0 Å². The Kier molecular flexibility index (Phi) is 3.46. The van der Waals surface area contributed by atoms with Crippen LogP contribution in [0.15, 0.2) is 42.5 Å². The lowest BCUT2D eigenvalue weighted by molar-refractivity contribution is 0.465. The first-order valence-electron chi connectivity index (χ1n) is 5.57. The number of hydrogen-bond acceptors (Lipinski definition) is 2.